The van der Waals surface area contributed by atoms with Gasteiger partial charge in [0.25, 0.3) is 0 Å². The summed E-state index contributed by atoms with van der Waals surface area (Å²) in [6.45, 7) is 6.25. The van der Waals surface area contributed by atoms with Crippen molar-refractivity contribution in [3.8, 4) is 11.5 Å². The summed E-state index contributed by atoms with van der Waals surface area (Å²) in [6.07, 6.45) is 0. The summed E-state index contributed by atoms with van der Waals surface area (Å²) in [7, 11) is 3.14. The summed E-state index contributed by atoms with van der Waals surface area (Å²) in [5.41, 5.74) is 4.83. The van der Waals surface area contributed by atoms with Crippen LogP contribution in [0.3, 0.4) is 0 Å². The molecule has 2 aromatic rings. The van der Waals surface area contributed by atoms with E-state index < -0.39 is 0 Å². The highest BCUT2D eigenvalue weighted by atomic mass is 35.5. The number of nitrogen functional groups attached to an aromatic ring is 1. The molecule has 0 bridgehead atoms. The number of nitrogens with one attached hydrogen (secondary N) is 1. The van der Waals surface area contributed by atoms with Crippen LogP contribution in [0.2, 0.25) is 5.02 Å². The first-order valence-corrected chi connectivity index (χ1v) is 6.93. The van der Waals surface area contributed by atoms with Crippen LogP contribution in [-0.2, 0) is 5.41 Å². The van der Waals surface area contributed by atoms with E-state index in [4.69, 9.17) is 31.9 Å². The number of pyridine rings is 1. The number of ether oxygens (including phenoxy) is 2. The van der Waals surface area contributed by atoms with E-state index in [1.165, 1.54) is 0 Å². The second-order valence-electron chi connectivity index (χ2n) is 5.77. The Morgan fingerprint density at radius 3 is 2.33 bits per heavy atom. The molecular weight excluding hydrogens is 290 g/mol. The number of benzene rings is 1. The summed E-state index contributed by atoms with van der Waals surface area (Å²) in [5.74, 6) is 6.78. The van der Waals surface area contributed by atoms with Gasteiger partial charge in [0.05, 0.1) is 30.3 Å². The van der Waals surface area contributed by atoms with Gasteiger partial charge >= 0.3 is 0 Å². The zero-order valence-corrected chi connectivity index (χ0v) is 13.6. The molecule has 0 fully saturated rings. The second-order valence-corrected chi connectivity index (χ2v) is 6.17. The molecule has 1 aromatic carbocycles. The van der Waals surface area contributed by atoms with Crippen molar-refractivity contribution in [2.75, 3.05) is 19.6 Å². The molecule has 0 unspecified atom stereocenters. The minimum Gasteiger partial charge on any atom is -0.494 e. The van der Waals surface area contributed by atoms with E-state index in [9.17, 15) is 0 Å². The third-order valence-electron chi connectivity index (χ3n) is 3.30. The Morgan fingerprint density at radius 2 is 1.86 bits per heavy atom. The van der Waals surface area contributed by atoms with Crippen LogP contribution in [0.1, 0.15) is 26.5 Å². The minimum atomic E-state index is -0.127. The first-order valence-electron chi connectivity index (χ1n) is 6.55. The van der Waals surface area contributed by atoms with Crippen molar-refractivity contribution in [3.05, 3.63) is 22.8 Å². The minimum absolute atomic E-state index is 0.127. The van der Waals surface area contributed by atoms with Gasteiger partial charge in [-0.2, -0.15) is 0 Å². The highest BCUT2D eigenvalue weighted by molar-refractivity contribution is 6.34. The first-order chi connectivity index (χ1) is 9.83. The molecule has 0 aliphatic rings. The average molecular weight is 310 g/mol. The van der Waals surface area contributed by atoms with Gasteiger partial charge in [0.15, 0.2) is 0 Å². The lowest BCUT2D eigenvalue weighted by Crippen LogP contribution is -2.16. The summed E-state index contributed by atoms with van der Waals surface area (Å²) >= 11 is 6.24. The predicted octanol–water partition coefficient (Wildman–Crippen LogP) is 3.49. The van der Waals surface area contributed by atoms with Crippen molar-refractivity contribution in [1.82, 2.24) is 4.98 Å². The second kappa shape index (κ2) is 5.58. The molecule has 0 spiro atoms. The Kier molecular flexibility index (Phi) is 4.16. The summed E-state index contributed by atoms with van der Waals surface area (Å²) in [6, 6.07) is 3.60. The van der Waals surface area contributed by atoms with Gasteiger partial charge in [-0.1, -0.05) is 32.4 Å². The monoisotopic (exact) mass is 309 g/mol. The SMILES string of the molecule is COc1cc(Cl)c(OC)c2c(NN)cc(C(C)(C)C)nc12. The van der Waals surface area contributed by atoms with Crippen LogP contribution in [0.4, 0.5) is 5.69 Å². The molecule has 0 atom stereocenters. The van der Waals surface area contributed by atoms with E-state index in [1.807, 2.05) is 6.07 Å². The Morgan fingerprint density at radius 1 is 1.19 bits per heavy atom. The number of halogens is 1. The highest BCUT2D eigenvalue weighted by Gasteiger charge is 2.22. The van der Waals surface area contributed by atoms with Crippen LogP contribution in [0.15, 0.2) is 12.1 Å². The van der Waals surface area contributed by atoms with Crippen LogP contribution < -0.4 is 20.7 Å². The Hall–Kier alpha value is -1.72. The van der Waals surface area contributed by atoms with Crippen molar-refractivity contribution in [2.45, 2.75) is 26.2 Å². The quantitative estimate of drug-likeness (QED) is 0.671. The van der Waals surface area contributed by atoms with E-state index in [-0.39, 0.29) is 5.41 Å². The fraction of sp³-hybridized carbons (Fsp3) is 0.400. The van der Waals surface area contributed by atoms with Gasteiger partial charge in [0.1, 0.15) is 17.0 Å². The summed E-state index contributed by atoms with van der Waals surface area (Å²) in [5, 5.41) is 1.15. The number of hydrogen-bond acceptors (Lipinski definition) is 5. The van der Waals surface area contributed by atoms with Gasteiger partial charge in [0.2, 0.25) is 0 Å². The lowest BCUT2D eigenvalue weighted by molar-refractivity contribution is 0.409. The van der Waals surface area contributed by atoms with Gasteiger partial charge in [0, 0.05) is 17.2 Å². The third kappa shape index (κ3) is 2.71. The molecule has 0 saturated heterocycles. The molecule has 0 aliphatic heterocycles. The number of nitrogens with zero attached hydrogens (tertiary/aromatic N) is 1. The number of methoxy groups -OCH3 is 2. The molecule has 6 heteroatoms. The normalized spacial score (nSPS) is 11.6. The smallest absolute Gasteiger partial charge is 0.149 e. The highest BCUT2D eigenvalue weighted by Crippen LogP contribution is 2.43. The average Bonchev–Trinajstić information content (AvgIpc) is 2.44. The van der Waals surface area contributed by atoms with Crippen LogP contribution in [0.5, 0.6) is 11.5 Å². The first kappa shape index (κ1) is 15.7. The maximum absolute atomic E-state index is 6.24. The number of nitrogens with two attached hydrogens (primary N) is 1. The van der Waals surface area contributed by atoms with E-state index in [0.29, 0.717) is 33.1 Å². The number of anilines is 1. The van der Waals surface area contributed by atoms with Crippen molar-refractivity contribution in [2.24, 2.45) is 5.84 Å². The molecule has 0 saturated carbocycles. The Balaban J connectivity index is 2.96. The fourth-order valence-corrected chi connectivity index (χ4v) is 2.45. The molecule has 0 radical (unpaired) electrons. The molecule has 1 aromatic heterocycles. The Bertz CT molecular complexity index is 681. The molecule has 1 heterocycles. The van der Waals surface area contributed by atoms with Crippen LogP contribution in [-0.4, -0.2) is 19.2 Å². The van der Waals surface area contributed by atoms with E-state index in [0.717, 1.165) is 5.69 Å². The van der Waals surface area contributed by atoms with Crippen LogP contribution in [0, 0.1) is 0 Å². The third-order valence-corrected chi connectivity index (χ3v) is 3.58. The molecule has 0 amide bonds. The Labute approximate surface area is 129 Å². The summed E-state index contributed by atoms with van der Waals surface area (Å²) < 4.78 is 10.8. The number of hydrazine groups is 1. The maximum Gasteiger partial charge on any atom is 0.149 e. The number of hydrogen-bond donors (Lipinski definition) is 2. The van der Waals surface area contributed by atoms with Crippen LogP contribution in [0.25, 0.3) is 10.9 Å². The topological polar surface area (TPSA) is 69.4 Å². The molecule has 21 heavy (non-hydrogen) atoms. The molecule has 114 valence electrons. The standard InChI is InChI=1S/C15H20ClN3O2/c1-15(2,3)11-7-9(19-17)12-13(18-11)10(20-4)6-8(16)14(12)21-5/h6-7H,17H2,1-5H3,(H,18,19). The number of rotatable bonds is 3. The molecule has 5 nitrogen and oxygen atoms in total. The largest absolute Gasteiger partial charge is 0.494 e. The molecule has 2 rings (SSSR count). The predicted molar refractivity (Wildman–Crippen MR) is 86.4 cm³/mol. The fourth-order valence-electron chi connectivity index (χ4n) is 2.17. The maximum atomic E-state index is 6.24. The lowest BCUT2D eigenvalue weighted by atomic mass is 9.90. The van der Waals surface area contributed by atoms with Gasteiger partial charge < -0.3 is 14.9 Å². The molecule has 0 aliphatic carbocycles. The van der Waals surface area contributed by atoms with Gasteiger partial charge in [-0.25, -0.2) is 4.98 Å². The number of fused-ring (bicyclic) bond motifs is 1. The lowest BCUT2D eigenvalue weighted by Gasteiger charge is -2.21. The van der Waals surface area contributed by atoms with E-state index in [1.54, 1.807) is 20.3 Å². The number of aromatic nitrogens is 1. The van der Waals surface area contributed by atoms with E-state index in [2.05, 4.69) is 26.2 Å². The van der Waals surface area contributed by atoms with Crippen molar-refractivity contribution in [1.29, 1.82) is 0 Å². The zero-order chi connectivity index (χ0) is 15.8. The van der Waals surface area contributed by atoms with E-state index >= 15 is 0 Å². The molecule has 3 N–H and O–H groups in total. The van der Waals surface area contributed by atoms with Gasteiger partial charge in [-0.15, -0.1) is 0 Å². The van der Waals surface area contributed by atoms with Gasteiger partial charge in [-0.3, -0.25) is 5.84 Å². The van der Waals surface area contributed by atoms with Crippen molar-refractivity contribution in [3.63, 3.8) is 0 Å². The molecular formula is C15H20ClN3O2. The van der Waals surface area contributed by atoms with Gasteiger partial charge in [-0.05, 0) is 6.07 Å². The van der Waals surface area contributed by atoms with Crippen LogP contribution >= 0.6 is 11.6 Å². The summed E-state index contributed by atoms with van der Waals surface area (Å²) in [4.78, 5) is 4.72. The zero-order valence-electron chi connectivity index (χ0n) is 12.9. The van der Waals surface area contributed by atoms with Crippen molar-refractivity contribution >= 4 is 28.2 Å². The van der Waals surface area contributed by atoms with Crippen molar-refractivity contribution < 1.29 is 9.47 Å².